The maximum atomic E-state index is 4.00. The summed E-state index contributed by atoms with van der Waals surface area (Å²) in [5, 5.41) is 0. The fourth-order valence-electron chi connectivity index (χ4n) is 2.04. The van der Waals surface area contributed by atoms with Crippen molar-refractivity contribution >= 4 is 66.0 Å². The molecule has 0 spiro atoms. The Morgan fingerprint density at radius 3 is 0.760 bits per heavy atom. The lowest BCUT2D eigenvalue weighted by Gasteiger charge is -2.37. The molecule has 0 saturated heterocycles. The minimum Gasteiger partial charge on any atom is -0.288 e. The maximum Gasteiger partial charge on any atom is 0.0619 e. The Morgan fingerprint density at radius 1 is 0.520 bits per heavy atom. The third kappa shape index (κ3) is 36.2. The minimum absolute atomic E-state index is 0. The number of rotatable bonds is 7. The molecule has 0 rings (SSSR count). The van der Waals surface area contributed by atoms with E-state index < -0.39 is 0 Å². The molecule has 0 aliphatic rings. The summed E-state index contributed by atoms with van der Waals surface area (Å²) in [4.78, 5) is 5.07. The molecule has 0 aliphatic heterocycles. The van der Waals surface area contributed by atoms with E-state index in [9.17, 15) is 0 Å². The van der Waals surface area contributed by atoms with E-state index in [1.807, 2.05) is 0 Å². The van der Waals surface area contributed by atoms with Crippen molar-refractivity contribution in [3.63, 3.8) is 0 Å². The molecular weight excluding hydrogens is 295 g/mol. The van der Waals surface area contributed by atoms with Gasteiger partial charge in [0, 0.05) is 66.0 Å². The molecule has 0 atom stereocenters. The molecule has 0 fully saturated rings. The van der Waals surface area contributed by atoms with Crippen LogP contribution in [0.4, 0.5) is 0 Å². The zero-order valence-electron chi connectivity index (χ0n) is 14.6. The van der Waals surface area contributed by atoms with Gasteiger partial charge in [0.2, 0.25) is 0 Å². The van der Waals surface area contributed by atoms with E-state index in [1.165, 1.54) is 6.42 Å². The van der Waals surface area contributed by atoms with Gasteiger partial charge in [0.25, 0.3) is 0 Å². The number of hydrogen-bond acceptors (Lipinski definition) is 2. The van der Waals surface area contributed by atoms with Crippen molar-refractivity contribution in [2.24, 2.45) is 0 Å². The lowest BCUT2D eigenvalue weighted by molar-refractivity contribution is 0.0539. The first-order valence-electron chi connectivity index (χ1n) is 6.06. The van der Waals surface area contributed by atoms with Gasteiger partial charge in [-0.1, -0.05) is 64.3 Å². The van der Waals surface area contributed by atoms with Crippen molar-refractivity contribution < 1.29 is 0 Å². The third-order valence-electron chi connectivity index (χ3n) is 2.83. The molecule has 0 aromatic carbocycles. The van der Waals surface area contributed by atoms with Crippen LogP contribution in [0.25, 0.3) is 0 Å². The minimum atomic E-state index is 0. The van der Waals surface area contributed by atoms with Crippen molar-refractivity contribution in [1.29, 1.82) is 0 Å². The molecule has 0 saturated carbocycles. The second-order valence-electron chi connectivity index (χ2n) is 3.33. The average Bonchev–Trinajstić information content (AvgIpc) is 2.32. The molecule has 0 aromatic heterocycles. The summed E-state index contributed by atoms with van der Waals surface area (Å²) in [6.07, 6.45) is 1.87. The fourth-order valence-corrected chi connectivity index (χ4v) is 2.04. The molecule has 0 unspecified atom stereocenters. The normalized spacial score (nSPS) is 6.40. The SMILES string of the molecule is C.C.C.C.CCC(N(CC)CC)N(CC)CC.[B].[B].[B].[B].[B].[B].[B][B]. The van der Waals surface area contributed by atoms with Crippen LogP contribution >= 0.6 is 0 Å². The summed E-state index contributed by atoms with van der Waals surface area (Å²) in [6.45, 7) is 15.9. The number of hydrogen-bond donors (Lipinski definition) is 0. The second kappa shape index (κ2) is 64.4. The quantitative estimate of drug-likeness (QED) is 0.517. The average molecular weight is 337 g/mol. The van der Waals surface area contributed by atoms with Crippen LogP contribution in [0, 0.1) is 0 Å². The van der Waals surface area contributed by atoms with E-state index >= 15 is 0 Å². The van der Waals surface area contributed by atoms with Gasteiger partial charge in [-0.05, 0) is 32.6 Å². The van der Waals surface area contributed by atoms with Crippen LogP contribution in [0.15, 0.2) is 0 Å². The monoisotopic (exact) mass is 338 g/mol. The van der Waals surface area contributed by atoms with Gasteiger partial charge >= 0.3 is 0 Å². The van der Waals surface area contributed by atoms with E-state index in [1.54, 1.807) is 0 Å². The molecule has 0 amide bonds. The first-order valence-corrected chi connectivity index (χ1v) is 6.06. The van der Waals surface area contributed by atoms with Crippen LogP contribution in [0.2, 0.25) is 0 Å². The van der Waals surface area contributed by atoms with Gasteiger partial charge in [0.1, 0.15) is 0 Å². The smallest absolute Gasteiger partial charge is 0.0619 e. The molecule has 22 radical (unpaired) electrons. The first-order chi connectivity index (χ1) is 7.24. The van der Waals surface area contributed by atoms with E-state index in [4.69, 9.17) is 0 Å². The van der Waals surface area contributed by atoms with Gasteiger partial charge in [0.15, 0.2) is 0 Å². The fraction of sp³-hybridized carbons (Fsp3) is 1.00. The highest BCUT2D eigenvalue weighted by atomic mass is 15.3. The molecule has 0 N–H and O–H groups in total. The van der Waals surface area contributed by atoms with E-state index in [-0.39, 0.29) is 80.2 Å². The summed E-state index contributed by atoms with van der Waals surface area (Å²) in [7, 11) is 8.00. The Hall–Kier alpha value is 0.439. The van der Waals surface area contributed by atoms with E-state index in [0.717, 1.165) is 26.2 Å². The third-order valence-corrected chi connectivity index (χ3v) is 2.83. The van der Waals surface area contributed by atoms with Crippen LogP contribution in [-0.4, -0.2) is 108 Å². The molecule has 0 heterocycles. The van der Waals surface area contributed by atoms with Gasteiger partial charge < -0.3 is 0 Å². The summed E-state index contributed by atoms with van der Waals surface area (Å²) < 4.78 is 0. The van der Waals surface area contributed by atoms with Gasteiger partial charge in [-0.25, -0.2) is 0 Å². The highest BCUT2D eigenvalue weighted by molar-refractivity contribution is 6.75. The molecule has 25 heavy (non-hydrogen) atoms. The topological polar surface area (TPSA) is 6.48 Å². The standard InChI is InChI=1S/C11H26N2.4CH4.B2.6B/c1-6-11(12(7-2)8-3)13(9-4)10-5;;;;;1-2;;;;;;/h11H,6-10H2,1-5H3;4*1H4;;;;;;;. The largest absolute Gasteiger partial charge is 0.288 e. The van der Waals surface area contributed by atoms with Crippen LogP contribution in [0.3, 0.4) is 0 Å². The van der Waals surface area contributed by atoms with Crippen LogP contribution in [-0.2, 0) is 0 Å². The van der Waals surface area contributed by atoms with Gasteiger partial charge in [-0.2, -0.15) is 0 Å². The zero-order valence-corrected chi connectivity index (χ0v) is 14.6. The molecular formula is C15H42B8N2. The highest BCUT2D eigenvalue weighted by Gasteiger charge is 2.18. The Balaban J connectivity index is -0.0000000136. The van der Waals surface area contributed by atoms with Gasteiger partial charge in [-0.15, -0.1) is 0 Å². The molecule has 10 heteroatoms. The second-order valence-corrected chi connectivity index (χ2v) is 3.33. The van der Waals surface area contributed by atoms with Crippen LogP contribution < -0.4 is 0 Å². The van der Waals surface area contributed by atoms with Crippen molar-refractivity contribution in [2.45, 2.75) is 76.9 Å². The van der Waals surface area contributed by atoms with Crippen molar-refractivity contribution in [1.82, 2.24) is 9.80 Å². The number of nitrogens with zero attached hydrogens (tertiary/aromatic N) is 2. The molecule has 2 nitrogen and oxygen atoms in total. The summed E-state index contributed by atoms with van der Waals surface area (Å²) in [6, 6.07) is 0. The zero-order chi connectivity index (χ0) is 12.3. The Bertz CT molecular complexity index is 118. The van der Waals surface area contributed by atoms with Gasteiger partial charge in [0.05, 0.1) is 6.17 Å². The lowest BCUT2D eigenvalue weighted by Crippen LogP contribution is -2.47. The predicted molar refractivity (Wildman–Crippen MR) is 133 cm³/mol. The molecule has 0 aliphatic carbocycles. The Labute approximate surface area is 179 Å². The maximum absolute atomic E-state index is 4.00. The summed E-state index contributed by atoms with van der Waals surface area (Å²) in [5.41, 5.74) is 0. The van der Waals surface area contributed by atoms with E-state index in [0.29, 0.717) is 6.17 Å². The lowest BCUT2D eigenvalue weighted by atomic mass is 9.81. The molecule has 0 bridgehead atoms. The van der Waals surface area contributed by atoms with Crippen molar-refractivity contribution in [3.8, 4) is 0 Å². The van der Waals surface area contributed by atoms with Crippen LogP contribution in [0.1, 0.15) is 70.7 Å². The predicted octanol–water partition coefficient (Wildman–Crippen LogP) is 1.90. The summed E-state index contributed by atoms with van der Waals surface area (Å²) >= 11 is 0. The van der Waals surface area contributed by atoms with Crippen LogP contribution in [0.5, 0.6) is 0 Å². The van der Waals surface area contributed by atoms with Crippen molar-refractivity contribution in [3.05, 3.63) is 0 Å². The summed E-state index contributed by atoms with van der Waals surface area (Å²) in [5.74, 6) is 0. The highest BCUT2D eigenvalue weighted by Crippen LogP contribution is 2.09. The van der Waals surface area contributed by atoms with Crippen molar-refractivity contribution in [2.75, 3.05) is 26.2 Å². The van der Waals surface area contributed by atoms with E-state index in [2.05, 4.69) is 59.9 Å². The Kier molecular flexibility index (Phi) is 217. The van der Waals surface area contributed by atoms with Gasteiger partial charge in [-0.3, -0.25) is 9.80 Å². The molecule has 136 valence electrons. The first kappa shape index (κ1) is 84.1. The Morgan fingerprint density at radius 2 is 0.680 bits per heavy atom. The molecule has 0 aromatic rings.